The zero-order valence-electron chi connectivity index (χ0n) is 14.8. The quantitative estimate of drug-likeness (QED) is 0.513. The summed E-state index contributed by atoms with van der Waals surface area (Å²) in [7, 11) is 0. The van der Waals surface area contributed by atoms with Crippen molar-refractivity contribution >= 4 is 23.7 Å². The lowest BCUT2D eigenvalue weighted by Gasteiger charge is -2.22. The van der Waals surface area contributed by atoms with Gasteiger partial charge in [-0.15, -0.1) is 0 Å². The number of carbonyl (C=O) groups excluding carboxylic acids is 1. The third-order valence-electron chi connectivity index (χ3n) is 4.08. The molecule has 0 saturated carbocycles. The van der Waals surface area contributed by atoms with E-state index in [9.17, 15) is 13.6 Å². The second kappa shape index (κ2) is 8.88. The molecular formula is C19H17ClF2N4O2. The molecule has 1 aromatic heterocycles. The Kier molecular flexibility index (Phi) is 6.30. The van der Waals surface area contributed by atoms with Crippen molar-refractivity contribution in [3.63, 3.8) is 0 Å². The molecule has 1 aliphatic heterocycles. The van der Waals surface area contributed by atoms with E-state index in [1.54, 1.807) is 6.21 Å². The molecule has 6 nitrogen and oxygen atoms in total. The minimum atomic E-state index is -0.690. The largest absolute Gasteiger partial charge is 0.473 e. The monoisotopic (exact) mass is 406 g/mol. The van der Waals surface area contributed by atoms with Crippen molar-refractivity contribution in [1.29, 1.82) is 0 Å². The van der Waals surface area contributed by atoms with Gasteiger partial charge in [-0.25, -0.2) is 23.8 Å². The van der Waals surface area contributed by atoms with Crippen molar-refractivity contribution in [3.8, 4) is 5.88 Å². The maximum atomic E-state index is 13.5. The van der Waals surface area contributed by atoms with Gasteiger partial charge in [-0.2, -0.15) is 5.10 Å². The van der Waals surface area contributed by atoms with Crippen molar-refractivity contribution in [2.45, 2.75) is 25.3 Å². The van der Waals surface area contributed by atoms with Gasteiger partial charge in [0.1, 0.15) is 29.7 Å². The lowest BCUT2D eigenvalue weighted by molar-refractivity contribution is -0.133. The van der Waals surface area contributed by atoms with Crippen LogP contribution in [0.3, 0.4) is 0 Å². The van der Waals surface area contributed by atoms with E-state index in [0.717, 1.165) is 6.07 Å². The highest BCUT2D eigenvalue weighted by molar-refractivity contribution is 6.29. The van der Waals surface area contributed by atoms with E-state index in [4.69, 9.17) is 16.3 Å². The van der Waals surface area contributed by atoms with Gasteiger partial charge >= 0.3 is 0 Å². The first-order chi connectivity index (χ1) is 13.4. The number of benzene rings is 1. The van der Waals surface area contributed by atoms with Gasteiger partial charge in [0, 0.05) is 31.2 Å². The van der Waals surface area contributed by atoms with Crippen LogP contribution in [0.1, 0.15) is 30.9 Å². The van der Waals surface area contributed by atoms with Crippen molar-refractivity contribution in [3.05, 3.63) is 65.1 Å². The molecular weight excluding hydrogens is 390 g/mol. The molecule has 28 heavy (non-hydrogen) atoms. The zero-order valence-corrected chi connectivity index (χ0v) is 15.6. The molecule has 0 fully saturated rings. The van der Waals surface area contributed by atoms with Crippen molar-refractivity contribution in [1.82, 2.24) is 15.0 Å². The molecule has 1 unspecified atom stereocenters. The summed E-state index contributed by atoms with van der Waals surface area (Å²) in [6, 6.07) is 4.16. The standard InChI is InChI=1S/C19H17ClF2N4O2/c1-12(10-28-18-9-17(20)23-11-24-18)2-3-19(27)26-16(4-5-25-26)13-6-14(21)8-15(22)7-13/h5-9,11,16H,1-4,10H2. The average Bonchev–Trinajstić information content (AvgIpc) is 3.14. The van der Waals surface area contributed by atoms with Gasteiger partial charge in [-0.05, 0) is 29.7 Å². The molecule has 2 heterocycles. The topological polar surface area (TPSA) is 67.7 Å². The van der Waals surface area contributed by atoms with Gasteiger partial charge in [0.15, 0.2) is 0 Å². The first kappa shape index (κ1) is 19.9. The second-order valence-electron chi connectivity index (χ2n) is 6.21. The van der Waals surface area contributed by atoms with Crippen molar-refractivity contribution in [2.75, 3.05) is 6.61 Å². The summed E-state index contributed by atoms with van der Waals surface area (Å²) >= 11 is 5.76. The predicted molar refractivity (Wildman–Crippen MR) is 100.0 cm³/mol. The van der Waals surface area contributed by atoms with E-state index < -0.39 is 17.7 Å². The van der Waals surface area contributed by atoms with Crippen LogP contribution in [0.25, 0.3) is 0 Å². The van der Waals surface area contributed by atoms with Crippen molar-refractivity contribution < 1.29 is 18.3 Å². The number of ether oxygens (including phenoxy) is 1. The number of halogens is 3. The number of amides is 1. The molecule has 0 saturated heterocycles. The Hall–Kier alpha value is -2.87. The summed E-state index contributed by atoms with van der Waals surface area (Å²) in [5.74, 6) is -1.34. The Bertz CT molecular complexity index is 902. The molecule has 2 aromatic rings. The van der Waals surface area contributed by atoms with Crippen LogP contribution in [0.5, 0.6) is 5.88 Å². The SMILES string of the molecule is C=C(CCC(=O)N1N=CCC1c1cc(F)cc(F)c1)COc1cc(Cl)ncn1. The van der Waals surface area contributed by atoms with Crippen LogP contribution in [0.4, 0.5) is 8.78 Å². The summed E-state index contributed by atoms with van der Waals surface area (Å²) in [4.78, 5) is 20.2. The van der Waals surface area contributed by atoms with E-state index >= 15 is 0 Å². The number of aromatic nitrogens is 2. The molecule has 1 atom stereocenters. The molecule has 0 N–H and O–H groups in total. The van der Waals surface area contributed by atoms with Crippen LogP contribution in [-0.4, -0.2) is 33.7 Å². The van der Waals surface area contributed by atoms with Gasteiger partial charge in [0.25, 0.3) is 0 Å². The Balaban J connectivity index is 1.53. The van der Waals surface area contributed by atoms with Gasteiger partial charge in [0.05, 0.1) is 6.04 Å². The molecule has 9 heteroatoms. The van der Waals surface area contributed by atoms with Crippen LogP contribution in [-0.2, 0) is 4.79 Å². The maximum absolute atomic E-state index is 13.5. The average molecular weight is 407 g/mol. The molecule has 1 aliphatic rings. The van der Waals surface area contributed by atoms with E-state index in [1.807, 2.05) is 0 Å². The third kappa shape index (κ3) is 5.10. The van der Waals surface area contributed by atoms with Gasteiger partial charge < -0.3 is 4.74 Å². The Morgan fingerprint density at radius 2 is 1.96 bits per heavy atom. The fraction of sp³-hybridized carbons (Fsp3) is 0.263. The van der Waals surface area contributed by atoms with Crippen LogP contribution in [0.2, 0.25) is 5.15 Å². The minimum Gasteiger partial charge on any atom is -0.473 e. The number of carbonyl (C=O) groups is 1. The van der Waals surface area contributed by atoms with E-state index in [2.05, 4.69) is 21.6 Å². The number of nitrogens with zero attached hydrogens (tertiary/aromatic N) is 4. The Morgan fingerprint density at radius 3 is 2.68 bits per heavy atom. The Morgan fingerprint density at radius 1 is 1.21 bits per heavy atom. The van der Waals surface area contributed by atoms with E-state index in [-0.39, 0.29) is 24.1 Å². The van der Waals surface area contributed by atoms with Gasteiger partial charge in [0.2, 0.25) is 11.8 Å². The fourth-order valence-corrected chi connectivity index (χ4v) is 2.88. The van der Waals surface area contributed by atoms with E-state index in [0.29, 0.717) is 29.9 Å². The molecule has 0 spiro atoms. The number of rotatable bonds is 7. The first-order valence-corrected chi connectivity index (χ1v) is 8.87. The molecule has 3 rings (SSSR count). The summed E-state index contributed by atoms with van der Waals surface area (Å²) in [5.41, 5.74) is 1.05. The third-order valence-corrected chi connectivity index (χ3v) is 4.29. The smallest absolute Gasteiger partial charge is 0.243 e. The molecule has 0 bridgehead atoms. The lowest BCUT2D eigenvalue weighted by Crippen LogP contribution is -2.27. The maximum Gasteiger partial charge on any atom is 0.243 e. The molecule has 1 amide bonds. The second-order valence-corrected chi connectivity index (χ2v) is 6.60. The van der Waals surface area contributed by atoms with Gasteiger partial charge in [-0.3, -0.25) is 4.79 Å². The van der Waals surface area contributed by atoms with E-state index in [1.165, 1.54) is 29.5 Å². The van der Waals surface area contributed by atoms with Crippen LogP contribution in [0, 0.1) is 11.6 Å². The summed E-state index contributed by atoms with van der Waals surface area (Å²) in [5, 5.41) is 5.57. The first-order valence-electron chi connectivity index (χ1n) is 8.50. The normalized spacial score (nSPS) is 15.7. The Labute approximate surface area is 165 Å². The predicted octanol–water partition coefficient (Wildman–Crippen LogP) is 4.08. The summed E-state index contributed by atoms with van der Waals surface area (Å²) in [6.45, 7) is 4.05. The number of hydrogen-bond donors (Lipinski definition) is 0. The molecule has 0 aliphatic carbocycles. The highest BCUT2D eigenvalue weighted by Crippen LogP contribution is 2.30. The molecule has 0 radical (unpaired) electrons. The molecule has 1 aromatic carbocycles. The lowest BCUT2D eigenvalue weighted by atomic mass is 10.0. The van der Waals surface area contributed by atoms with Crippen LogP contribution >= 0.6 is 11.6 Å². The van der Waals surface area contributed by atoms with Crippen LogP contribution in [0.15, 0.2) is 47.8 Å². The summed E-state index contributed by atoms with van der Waals surface area (Å²) < 4.78 is 32.4. The number of hydrogen-bond acceptors (Lipinski definition) is 5. The highest BCUT2D eigenvalue weighted by Gasteiger charge is 2.28. The summed E-state index contributed by atoms with van der Waals surface area (Å²) in [6.07, 6.45) is 3.74. The highest BCUT2D eigenvalue weighted by atomic mass is 35.5. The minimum absolute atomic E-state index is 0.137. The van der Waals surface area contributed by atoms with Gasteiger partial charge in [-0.1, -0.05) is 18.2 Å². The zero-order chi connectivity index (χ0) is 20.1. The van der Waals surface area contributed by atoms with Crippen LogP contribution < -0.4 is 4.74 Å². The number of hydrazone groups is 1. The molecule has 146 valence electrons. The van der Waals surface area contributed by atoms with Crippen molar-refractivity contribution in [2.24, 2.45) is 5.10 Å². The fourth-order valence-electron chi connectivity index (χ4n) is 2.74.